The topological polar surface area (TPSA) is 85.3 Å². The van der Waals surface area contributed by atoms with Crippen molar-refractivity contribution in [3.8, 4) is 0 Å². The van der Waals surface area contributed by atoms with Gasteiger partial charge in [-0.25, -0.2) is 9.50 Å². The molecule has 0 spiro atoms. The number of nitrogens with two attached hydrogens (primary N) is 1. The van der Waals surface area contributed by atoms with E-state index in [4.69, 9.17) is 5.73 Å². The first-order chi connectivity index (χ1) is 13.8. The molecule has 156 valence electrons. The van der Waals surface area contributed by atoms with Gasteiger partial charge in [0.2, 0.25) is 5.91 Å². The Morgan fingerprint density at radius 3 is 2.69 bits per heavy atom. The van der Waals surface area contributed by atoms with Gasteiger partial charge in [0.1, 0.15) is 0 Å². The van der Waals surface area contributed by atoms with Crippen molar-refractivity contribution in [3.63, 3.8) is 0 Å². The van der Waals surface area contributed by atoms with Gasteiger partial charge in [-0.05, 0) is 55.6 Å². The van der Waals surface area contributed by atoms with Crippen molar-refractivity contribution in [2.45, 2.75) is 44.3 Å². The zero-order valence-corrected chi connectivity index (χ0v) is 15.9. The summed E-state index contributed by atoms with van der Waals surface area (Å²) in [5.74, 6) is -0.459. The maximum atomic E-state index is 13.0. The highest BCUT2D eigenvalue weighted by Crippen LogP contribution is 2.56. The Morgan fingerprint density at radius 1 is 1.21 bits per heavy atom. The average Bonchev–Trinajstić information content (AvgIpc) is 3.09. The molecule has 0 bridgehead atoms. The van der Waals surface area contributed by atoms with Crippen molar-refractivity contribution in [2.24, 2.45) is 35.3 Å². The van der Waals surface area contributed by atoms with Gasteiger partial charge in [-0.15, -0.1) is 0 Å². The number of rotatable bonds is 4. The van der Waals surface area contributed by atoms with Gasteiger partial charge in [0.15, 0.2) is 5.65 Å². The van der Waals surface area contributed by atoms with Gasteiger partial charge in [0.25, 0.3) is 0 Å². The van der Waals surface area contributed by atoms with Crippen LogP contribution in [0.15, 0.2) is 18.3 Å². The second kappa shape index (κ2) is 6.68. The van der Waals surface area contributed by atoms with Crippen LogP contribution < -0.4 is 11.1 Å². The Labute approximate surface area is 166 Å². The highest BCUT2D eigenvalue weighted by molar-refractivity contribution is 5.79. The van der Waals surface area contributed by atoms with Crippen molar-refractivity contribution in [1.29, 1.82) is 0 Å². The maximum absolute atomic E-state index is 13.0. The third-order valence-corrected chi connectivity index (χ3v) is 6.90. The number of imidazole rings is 1. The lowest BCUT2D eigenvalue weighted by Crippen LogP contribution is -2.47. The molecule has 3 fully saturated rings. The number of fused-ring (bicyclic) bond motifs is 2. The Hall–Kier alpha value is -2.16. The molecule has 1 unspecified atom stereocenters. The lowest BCUT2D eigenvalue weighted by atomic mass is 9.86. The van der Waals surface area contributed by atoms with E-state index in [9.17, 15) is 18.0 Å². The maximum Gasteiger partial charge on any atom is 0.393 e. The highest BCUT2D eigenvalue weighted by atomic mass is 19.4. The van der Waals surface area contributed by atoms with Crippen LogP contribution in [-0.2, 0) is 11.2 Å². The summed E-state index contributed by atoms with van der Waals surface area (Å²) >= 11 is 0. The van der Waals surface area contributed by atoms with Crippen LogP contribution >= 0.6 is 0 Å². The van der Waals surface area contributed by atoms with Crippen LogP contribution in [0.4, 0.5) is 13.2 Å². The number of aromatic nitrogens is 3. The van der Waals surface area contributed by atoms with Crippen molar-refractivity contribution >= 4 is 11.6 Å². The first-order valence-corrected chi connectivity index (χ1v) is 10.2. The molecule has 1 amide bonds. The van der Waals surface area contributed by atoms with Crippen molar-refractivity contribution in [2.75, 3.05) is 6.54 Å². The van der Waals surface area contributed by atoms with Crippen LogP contribution in [0, 0.1) is 29.6 Å². The number of hydrogen-bond donors (Lipinski definition) is 2. The normalized spacial score (nSPS) is 32.8. The summed E-state index contributed by atoms with van der Waals surface area (Å²) < 4.78 is 40.7. The van der Waals surface area contributed by atoms with Gasteiger partial charge in [-0.1, -0.05) is 0 Å². The summed E-state index contributed by atoms with van der Waals surface area (Å²) in [7, 11) is 0. The standard InChI is InChI=1S/C20H24F3N5O/c21-20(22,23)14-6-13(19(29)25-8-14)7-15-1-2-17-26-16(9-28(17)27-15)18(24)12-4-10-3-11(10)5-12/h1-2,9-14,18H,3-8,24H2,(H,25,29)/t10-,11+,12?,13-,14-,18-/m1/s1. The largest absolute Gasteiger partial charge is 0.393 e. The van der Waals surface area contributed by atoms with E-state index in [1.54, 1.807) is 16.6 Å². The number of amides is 1. The van der Waals surface area contributed by atoms with Crippen LogP contribution in [0.1, 0.15) is 43.1 Å². The Kier molecular flexibility index (Phi) is 4.34. The first kappa shape index (κ1) is 18.8. The zero-order valence-electron chi connectivity index (χ0n) is 15.9. The summed E-state index contributed by atoms with van der Waals surface area (Å²) in [5, 5.41) is 6.86. The van der Waals surface area contributed by atoms with E-state index in [1.807, 2.05) is 6.20 Å². The van der Waals surface area contributed by atoms with Gasteiger partial charge in [0.05, 0.1) is 29.5 Å². The molecule has 0 radical (unpaired) electrons. The first-order valence-electron chi connectivity index (χ1n) is 10.2. The summed E-state index contributed by atoms with van der Waals surface area (Å²) in [5.41, 5.74) is 8.47. The predicted molar refractivity (Wildman–Crippen MR) is 98.6 cm³/mol. The fourth-order valence-corrected chi connectivity index (χ4v) is 5.09. The number of hydrogen-bond acceptors (Lipinski definition) is 4. The second-order valence-corrected chi connectivity index (χ2v) is 8.93. The minimum Gasteiger partial charge on any atom is -0.355 e. The van der Waals surface area contributed by atoms with Gasteiger partial charge in [-0.2, -0.15) is 18.3 Å². The average molecular weight is 407 g/mol. The van der Waals surface area contributed by atoms with Crippen LogP contribution in [-0.4, -0.2) is 33.2 Å². The Bertz CT molecular complexity index is 932. The molecule has 6 nitrogen and oxygen atoms in total. The second-order valence-electron chi connectivity index (χ2n) is 8.93. The molecule has 5 rings (SSSR count). The van der Waals surface area contributed by atoms with E-state index in [2.05, 4.69) is 15.4 Å². The molecule has 29 heavy (non-hydrogen) atoms. The number of piperidine rings is 1. The van der Waals surface area contributed by atoms with E-state index < -0.39 is 18.0 Å². The molecule has 1 aliphatic heterocycles. The number of carbonyl (C=O) groups excluding carboxylic acids is 1. The number of nitrogens with zero attached hydrogens (tertiary/aromatic N) is 3. The fourth-order valence-electron chi connectivity index (χ4n) is 5.09. The van der Waals surface area contributed by atoms with Crippen LogP contribution in [0.5, 0.6) is 0 Å². The molecule has 3 N–H and O–H groups in total. The SMILES string of the molecule is N[C@@H](c1cn2nc(C[C@H]3C[C@@H](C(F)(F)F)CNC3=O)ccc2n1)C1C[C@@H]2C[C@@H]2C1. The number of alkyl halides is 3. The van der Waals surface area contributed by atoms with Gasteiger partial charge in [0, 0.05) is 18.9 Å². The molecule has 2 aliphatic carbocycles. The van der Waals surface area contributed by atoms with E-state index in [0.717, 1.165) is 30.4 Å². The molecule has 3 heterocycles. The quantitative estimate of drug-likeness (QED) is 0.816. The van der Waals surface area contributed by atoms with Crippen LogP contribution in [0.25, 0.3) is 5.65 Å². The molecule has 0 aromatic carbocycles. The van der Waals surface area contributed by atoms with Crippen molar-refractivity contribution < 1.29 is 18.0 Å². The van der Waals surface area contributed by atoms with Gasteiger partial charge in [-0.3, -0.25) is 4.79 Å². The minimum atomic E-state index is -4.31. The number of halogens is 3. The number of carbonyl (C=O) groups is 1. The monoisotopic (exact) mass is 407 g/mol. The summed E-state index contributed by atoms with van der Waals surface area (Å²) in [4.78, 5) is 16.7. The lowest BCUT2D eigenvalue weighted by Gasteiger charge is -2.30. The Morgan fingerprint density at radius 2 is 1.97 bits per heavy atom. The van der Waals surface area contributed by atoms with Crippen molar-refractivity contribution in [1.82, 2.24) is 19.9 Å². The van der Waals surface area contributed by atoms with E-state index in [1.165, 1.54) is 6.42 Å². The molecule has 6 atom stereocenters. The zero-order chi connectivity index (χ0) is 20.3. The van der Waals surface area contributed by atoms with Gasteiger partial charge < -0.3 is 11.1 Å². The molecule has 2 saturated carbocycles. The predicted octanol–water partition coefficient (Wildman–Crippen LogP) is 2.63. The molecular formula is C20H24F3N5O. The minimum absolute atomic E-state index is 0.121. The highest BCUT2D eigenvalue weighted by Gasteiger charge is 2.48. The fraction of sp³-hybridized carbons (Fsp3) is 0.650. The summed E-state index contributed by atoms with van der Waals surface area (Å²) in [6.45, 7) is -0.350. The van der Waals surface area contributed by atoms with Crippen molar-refractivity contribution in [3.05, 3.63) is 29.7 Å². The molecule has 2 aromatic rings. The Balaban J connectivity index is 1.31. The molecular weight excluding hydrogens is 383 g/mol. The van der Waals surface area contributed by atoms with Crippen LogP contribution in [0.2, 0.25) is 0 Å². The smallest absolute Gasteiger partial charge is 0.355 e. The third-order valence-electron chi connectivity index (χ3n) is 6.90. The van der Waals surface area contributed by atoms with Crippen LogP contribution in [0.3, 0.4) is 0 Å². The molecule has 3 aliphatic rings. The summed E-state index contributed by atoms with van der Waals surface area (Å²) in [6, 6.07) is 3.39. The molecule has 9 heteroatoms. The van der Waals surface area contributed by atoms with E-state index >= 15 is 0 Å². The number of nitrogens with one attached hydrogen (secondary N) is 1. The van der Waals surface area contributed by atoms with Gasteiger partial charge >= 0.3 is 6.18 Å². The molecule has 1 saturated heterocycles. The third kappa shape index (κ3) is 3.60. The van der Waals surface area contributed by atoms with E-state index in [-0.39, 0.29) is 31.3 Å². The lowest BCUT2D eigenvalue weighted by molar-refractivity contribution is -0.183. The van der Waals surface area contributed by atoms with E-state index in [0.29, 0.717) is 17.3 Å². The summed E-state index contributed by atoms with van der Waals surface area (Å²) in [6.07, 6.45) is 1.12. The molecule has 2 aromatic heterocycles.